The quantitative estimate of drug-likeness (QED) is 0.442. The van der Waals surface area contributed by atoms with Crippen LogP contribution in [0.5, 0.6) is 0 Å². The SMILES string of the molecule is CCC(=N)N(C)C(=O)OC. The Morgan fingerprint density at radius 3 is 2.50 bits per heavy atom. The van der Waals surface area contributed by atoms with E-state index >= 15 is 0 Å². The molecule has 0 aliphatic heterocycles. The van der Waals surface area contributed by atoms with Gasteiger partial charge in [0, 0.05) is 13.5 Å². The van der Waals surface area contributed by atoms with Crippen LogP contribution >= 0.6 is 0 Å². The number of amidine groups is 1. The Morgan fingerprint density at radius 2 is 2.20 bits per heavy atom. The number of rotatable bonds is 1. The Hall–Kier alpha value is -1.06. The highest BCUT2D eigenvalue weighted by molar-refractivity contribution is 5.92. The number of hydrogen-bond donors (Lipinski definition) is 1. The van der Waals surface area contributed by atoms with E-state index < -0.39 is 6.09 Å². The molecule has 0 rings (SSSR count). The summed E-state index contributed by atoms with van der Waals surface area (Å²) in [4.78, 5) is 11.8. The maximum atomic E-state index is 10.7. The van der Waals surface area contributed by atoms with Gasteiger partial charge in [-0.3, -0.25) is 10.3 Å². The van der Waals surface area contributed by atoms with Gasteiger partial charge in [-0.15, -0.1) is 0 Å². The number of carbonyl (C=O) groups is 1. The third-order valence-electron chi connectivity index (χ3n) is 1.19. The summed E-state index contributed by atoms with van der Waals surface area (Å²) in [5.74, 6) is 0.256. The molecule has 4 heteroatoms. The summed E-state index contributed by atoms with van der Waals surface area (Å²) < 4.78 is 4.38. The van der Waals surface area contributed by atoms with Gasteiger partial charge < -0.3 is 4.74 Å². The molecule has 58 valence electrons. The maximum Gasteiger partial charge on any atom is 0.414 e. The summed E-state index contributed by atoms with van der Waals surface area (Å²) in [5, 5.41) is 7.20. The minimum Gasteiger partial charge on any atom is -0.452 e. The molecule has 10 heavy (non-hydrogen) atoms. The molecule has 0 aromatic heterocycles. The molecule has 0 unspecified atom stereocenters. The first-order valence-corrected chi connectivity index (χ1v) is 3.02. The van der Waals surface area contributed by atoms with Gasteiger partial charge in [-0.2, -0.15) is 0 Å². The fourth-order valence-corrected chi connectivity index (χ4v) is 0.484. The summed E-state index contributed by atoms with van der Waals surface area (Å²) in [6.07, 6.45) is 0.0397. The molecule has 0 bridgehead atoms. The van der Waals surface area contributed by atoms with Gasteiger partial charge in [-0.05, 0) is 0 Å². The normalized spacial score (nSPS) is 8.70. The Labute approximate surface area is 60.3 Å². The highest BCUT2D eigenvalue weighted by Gasteiger charge is 2.10. The average molecular weight is 144 g/mol. The first-order chi connectivity index (χ1) is 4.63. The molecule has 0 atom stereocenters. The van der Waals surface area contributed by atoms with E-state index in [0.29, 0.717) is 6.42 Å². The predicted molar refractivity (Wildman–Crippen MR) is 38.2 cm³/mol. The van der Waals surface area contributed by atoms with E-state index in [-0.39, 0.29) is 5.84 Å². The highest BCUT2D eigenvalue weighted by Crippen LogP contribution is 1.92. The van der Waals surface area contributed by atoms with Gasteiger partial charge in [0.2, 0.25) is 0 Å². The van der Waals surface area contributed by atoms with Gasteiger partial charge in [0.15, 0.2) is 0 Å². The van der Waals surface area contributed by atoms with Crippen LogP contribution in [0.15, 0.2) is 0 Å². The average Bonchev–Trinajstić information content (AvgIpc) is 2.00. The smallest absolute Gasteiger partial charge is 0.414 e. The van der Waals surface area contributed by atoms with Gasteiger partial charge in [0.05, 0.1) is 7.11 Å². The zero-order valence-electron chi connectivity index (χ0n) is 6.47. The van der Waals surface area contributed by atoms with Gasteiger partial charge in [-0.1, -0.05) is 6.92 Å². The van der Waals surface area contributed by atoms with E-state index in [2.05, 4.69) is 4.74 Å². The molecule has 0 aliphatic rings. The number of nitrogens with zero attached hydrogens (tertiary/aromatic N) is 1. The number of nitrogens with one attached hydrogen (secondary N) is 1. The van der Waals surface area contributed by atoms with Crippen molar-refractivity contribution in [2.75, 3.05) is 14.2 Å². The van der Waals surface area contributed by atoms with Gasteiger partial charge in [0.1, 0.15) is 5.84 Å². The number of ether oxygens (including phenoxy) is 1. The molecule has 0 saturated carbocycles. The fraction of sp³-hybridized carbons (Fsp3) is 0.667. The van der Waals surface area contributed by atoms with Crippen molar-refractivity contribution in [1.29, 1.82) is 5.41 Å². The molecule has 0 fully saturated rings. The van der Waals surface area contributed by atoms with E-state index in [1.807, 2.05) is 6.92 Å². The van der Waals surface area contributed by atoms with Crippen molar-refractivity contribution in [2.45, 2.75) is 13.3 Å². The summed E-state index contributed by atoms with van der Waals surface area (Å²) in [6.45, 7) is 1.81. The molecule has 1 amide bonds. The lowest BCUT2D eigenvalue weighted by Crippen LogP contribution is -2.31. The van der Waals surface area contributed by atoms with Crippen LogP contribution in [0.1, 0.15) is 13.3 Å². The molecule has 0 radical (unpaired) electrons. The van der Waals surface area contributed by atoms with Crippen molar-refractivity contribution < 1.29 is 9.53 Å². The number of carbonyl (C=O) groups excluding carboxylic acids is 1. The molecular formula is C6H12N2O2. The fourth-order valence-electron chi connectivity index (χ4n) is 0.484. The second kappa shape index (κ2) is 3.87. The van der Waals surface area contributed by atoms with E-state index in [1.165, 1.54) is 19.1 Å². The van der Waals surface area contributed by atoms with Crippen LogP contribution in [0, 0.1) is 5.41 Å². The van der Waals surface area contributed by atoms with Crippen LogP contribution in [-0.2, 0) is 4.74 Å². The molecule has 0 aliphatic carbocycles. The predicted octanol–water partition coefficient (Wildman–Crippen LogP) is 1.07. The Bertz CT molecular complexity index is 129. The second-order valence-electron chi connectivity index (χ2n) is 1.83. The van der Waals surface area contributed by atoms with E-state index in [1.54, 1.807) is 0 Å². The summed E-state index contributed by atoms with van der Waals surface area (Å²) in [7, 11) is 2.80. The lowest BCUT2D eigenvalue weighted by Gasteiger charge is -2.14. The van der Waals surface area contributed by atoms with E-state index in [4.69, 9.17) is 5.41 Å². The Kier molecular flexibility index (Phi) is 3.46. The standard InChI is InChI=1S/C6H12N2O2/c1-4-5(7)8(2)6(9)10-3/h7H,4H2,1-3H3. The first-order valence-electron chi connectivity index (χ1n) is 3.02. The van der Waals surface area contributed by atoms with E-state index in [9.17, 15) is 4.79 Å². The third-order valence-corrected chi connectivity index (χ3v) is 1.19. The zero-order valence-corrected chi connectivity index (χ0v) is 6.47. The van der Waals surface area contributed by atoms with Crippen LogP contribution in [0.3, 0.4) is 0 Å². The molecule has 0 aromatic rings. The topological polar surface area (TPSA) is 53.4 Å². The number of hydrogen-bond acceptors (Lipinski definition) is 3. The van der Waals surface area contributed by atoms with Crippen LogP contribution in [-0.4, -0.2) is 31.0 Å². The number of methoxy groups -OCH3 is 1. The lowest BCUT2D eigenvalue weighted by atomic mass is 10.4. The minimum absolute atomic E-state index is 0.256. The highest BCUT2D eigenvalue weighted by atomic mass is 16.5. The van der Waals surface area contributed by atoms with Crippen molar-refractivity contribution in [3.63, 3.8) is 0 Å². The van der Waals surface area contributed by atoms with E-state index in [0.717, 1.165) is 0 Å². The number of amides is 1. The zero-order chi connectivity index (χ0) is 8.15. The summed E-state index contributed by atoms with van der Waals surface area (Å²) in [5.41, 5.74) is 0. The van der Waals surface area contributed by atoms with Crippen LogP contribution in [0.4, 0.5) is 4.79 Å². The molecule has 0 heterocycles. The van der Waals surface area contributed by atoms with Crippen molar-refractivity contribution in [3.05, 3.63) is 0 Å². The third kappa shape index (κ3) is 2.05. The lowest BCUT2D eigenvalue weighted by molar-refractivity contribution is 0.151. The molecule has 0 spiro atoms. The minimum atomic E-state index is -0.494. The summed E-state index contributed by atoms with van der Waals surface area (Å²) in [6, 6.07) is 0. The first kappa shape index (κ1) is 8.94. The van der Waals surface area contributed by atoms with Crippen LogP contribution < -0.4 is 0 Å². The molecular weight excluding hydrogens is 132 g/mol. The molecule has 4 nitrogen and oxygen atoms in total. The largest absolute Gasteiger partial charge is 0.452 e. The van der Waals surface area contributed by atoms with Crippen LogP contribution in [0.25, 0.3) is 0 Å². The summed E-state index contributed by atoms with van der Waals surface area (Å²) >= 11 is 0. The molecule has 0 aromatic carbocycles. The van der Waals surface area contributed by atoms with Gasteiger partial charge in [-0.25, -0.2) is 4.79 Å². The van der Waals surface area contributed by atoms with Crippen molar-refractivity contribution in [3.8, 4) is 0 Å². The van der Waals surface area contributed by atoms with Crippen LogP contribution in [0.2, 0.25) is 0 Å². The Morgan fingerprint density at radius 1 is 1.70 bits per heavy atom. The molecule has 1 N–H and O–H groups in total. The van der Waals surface area contributed by atoms with Crippen molar-refractivity contribution >= 4 is 11.9 Å². The Balaban J connectivity index is 3.94. The van der Waals surface area contributed by atoms with Crippen molar-refractivity contribution in [2.24, 2.45) is 0 Å². The van der Waals surface area contributed by atoms with Crippen molar-refractivity contribution in [1.82, 2.24) is 4.90 Å². The monoisotopic (exact) mass is 144 g/mol. The second-order valence-corrected chi connectivity index (χ2v) is 1.83. The van der Waals surface area contributed by atoms with Gasteiger partial charge in [0.25, 0.3) is 0 Å². The van der Waals surface area contributed by atoms with Gasteiger partial charge >= 0.3 is 6.09 Å². The maximum absolute atomic E-state index is 10.7. The molecule has 0 saturated heterocycles.